The summed E-state index contributed by atoms with van der Waals surface area (Å²) in [5, 5.41) is 10.5. The normalized spacial score (nSPS) is 12.8. The summed E-state index contributed by atoms with van der Waals surface area (Å²) in [5.74, 6) is 0. The molecule has 1 aromatic carbocycles. The molecule has 2 heteroatoms. The first-order chi connectivity index (χ1) is 6.74. The van der Waals surface area contributed by atoms with Crippen LogP contribution in [0.3, 0.4) is 0 Å². The fourth-order valence-electron chi connectivity index (χ4n) is 1.47. The van der Waals surface area contributed by atoms with Crippen molar-refractivity contribution in [2.24, 2.45) is 0 Å². The molecule has 1 aromatic rings. The van der Waals surface area contributed by atoms with Crippen LogP contribution in [0.25, 0.3) is 0 Å². The van der Waals surface area contributed by atoms with E-state index in [1.807, 2.05) is 24.3 Å². The van der Waals surface area contributed by atoms with Crippen molar-refractivity contribution in [1.82, 2.24) is 0 Å². The maximum Gasteiger partial charge on any atom is 0.0790 e. The molecule has 0 bridgehead atoms. The molecule has 78 valence electrons. The SMILES string of the molecule is CCCCCC(O)c1cccc(Cl)c1. The van der Waals surface area contributed by atoms with E-state index in [1.54, 1.807) is 0 Å². The van der Waals surface area contributed by atoms with Gasteiger partial charge in [-0.3, -0.25) is 0 Å². The zero-order chi connectivity index (χ0) is 10.4. The third-order valence-electron chi connectivity index (χ3n) is 2.31. The van der Waals surface area contributed by atoms with E-state index in [0.29, 0.717) is 5.02 Å². The van der Waals surface area contributed by atoms with Crippen molar-refractivity contribution < 1.29 is 5.11 Å². The molecule has 1 rings (SSSR count). The van der Waals surface area contributed by atoms with Crippen LogP contribution >= 0.6 is 11.6 Å². The van der Waals surface area contributed by atoms with Crippen LogP contribution in [-0.4, -0.2) is 5.11 Å². The average Bonchev–Trinajstić information content (AvgIpc) is 2.18. The predicted octanol–water partition coefficient (Wildman–Crippen LogP) is 3.95. The van der Waals surface area contributed by atoms with Gasteiger partial charge in [-0.2, -0.15) is 0 Å². The van der Waals surface area contributed by atoms with Crippen LogP contribution in [0.5, 0.6) is 0 Å². The van der Waals surface area contributed by atoms with Gasteiger partial charge in [-0.25, -0.2) is 0 Å². The summed E-state index contributed by atoms with van der Waals surface area (Å²) in [6.45, 7) is 2.16. The van der Waals surface area contributed by atoms with Crippen molar-refractivity contribution in [3.8, 4) is 0 Å². The lowest BCUT2D eigenvalue weighted by Crippen LogP contribution is -1.96. The highest BCUT2D eigenvalue weighted by Gasteiger charge is 2.06. The van der Waals surface area contributed by atoms with Gasteiger partial charge in [0.15, 0.2) is 0 Å². The van der Waals surface area contributed by atoms with Crippen LogP contribution in [0, 0.1) is 0 Å². The van der Waals surface area contributed by atoms with Gasteiger partial charge >= 0.3 is 0 Å². The number of aliphatic hydroxyl groups excluding tert-OH is 1. The Labute approximate surface area is 90.7 Å². The summed E-state index contributed by atoms with van der Waals surface area (Å²) in [4.78, 5) is 0. The number of halogens is 1. The molecule has 0 aromatic heterocycles. The lowest BCUT2D eigenvalue weighted by molar-refractivity contribution is 0.163. The molecular formula is C12H17ClO. The standard InChI is InChI=1S/C12H17ClO/c1-2-3-4-8-12(14)10-6-5-7-11(13)9-10/h5-7,9,12,14H,2-4,8H2,1H3. The van der Waals surface area contributed by atoms with E-state index in [1.165, 1.54) is 12.8 Å². The molecule has 0 heterocycles. The van der Waals surface area contributed by atoms with Gasteiger partial charge in [0.05, 0.1) is 6.10 Å². The van der Waals surface area contributed by atoms with Gasteiger partial charge < -0.3 is 5.11 Å². The van der Waals surface area contributed by atoms with Gasteiger partial charge in [0, 0.05) is 5.02 Å². The highest BCUT2D eigenvalue weighted by molar-refractivity contribution is 6.30. The van der Waals surface area contributed by atoms with Crippen LogP contribution in [0.1, 0.15) is 44.3 Å². The van der Waals surface area contributed by atoms with Crippen molar-refractivity contribution in [2.45, 2.75) is 38.7 Å². The Morgan fingerprint density at radius 2 is 2.14 bits per heavy atom. The first kappa shape index (κ1) is 11.5. The van der Waals surface area contributed by atoms with Crippen molar-refractivity contribution >= 4 is 11.6 Å². The van der Waals surface area contributed by atoms with E-state index in [9.17, 15) is 5.11 Å². The Balaban J connectivity index is 2.47. The lowest BCUT2D eigenvalue weighted by atomic mass is 10.0. The van der Waals surface area contributed by atoms with Gasteiger partial charge in [-0.15, -0.1) is 0 Å². The molecule has 1 atom stereocenters. The zero-order valence-corrected chi connectivity index (χ0v) is 9.30. The van der Waals surface area contributed by atoms with Crippen LogP contribution in [0.4, 0.5) is 0 Å². The van der Waals surface area contributed by atoms with E-state index < -0.39 is 0 Å². The van der Waals surface area contributed by atoms with Gasteiger partial charge in [0.2, 0.25) is 0 Å². The van der Waals surface area contributed by atoms with Crippen LogP contribution in [0.15, 0.2) is 24.3 Å². The van der Waals surface area contributed by atoms with E-state index >= 15 is 0 Å². The van der Waals surface area contributed by atoms with Crippen LogP contribution < -0.4 is 0 Å². The molecule has 1 nitrogen and oxygen atoms in total. The summed E-state index contributed by atoms with van der Waals surface area (Å²) >= 11 is 5.84. The predicted molar refractivity (Wildman–Crippen MR) is 60.6 cm³/mol. The molecule has 0 aliphatic heterocycles. The molecular weight excluding hydrogens is 196 g/mol. The van der Waals surface area contributed by atoms with Crippen molar-refractivity contribution in [3.05, 3.63) is 34.9 Å². The van der Waals surface area contributed by atoms with Gasteiger partial charge in [0.1, 0.15) is 0 Å². The third kappa shape index (κ3) is 3.69. The molecule has 0 fully saturated rings. The topological polar surface area (TPSA) is 20.2 Å². The monoisotopic (exact) mass is 212 g/mol. The molecule has 0 saturated heterocycles. The summed E-state index contributed by atoms with van der Waals surface area (Å²) < 4.78 is 0. The number of benzene rings is 1. The highest BCUT2D eigenvalue weighted by Crippen LogP contribution is 2.22. The molecule has 1 N–H and O–H groups in total. The van der Waals surface area contributed by atoms with Crippen LogP contribution in [-0.2, 0) is 0 Å². The third-order valence-corrected chi connectivity index (χ3v) is 2.55. The Morgan fingerprint density at radius 3 is 2.79 bits per heavy atom. The minimum Gasteiger partial charge on any atom is -0.388 e. The minimum atomic E-state index is -0.361. The second-order valence-corrected chi connectivity index (χ2v) is 4.00. The zero-order valence-electron chi connectivity index (χ0n) is 8.54. The maximum absolute atomic E-state index is 9.81. The summed E-state index contributed by atoms with van der Waals surface area (Å²) in [7, 11) is 0. The highest BCUT2D eigenvalue weighted by atomic mass is 35.5. The Bertz CT molecular complexity index is 273. The first-order valence-corrected chi connectivity index (χ1v) is 5.55. The van der Waals surface area contributed by atoms with E-state index in [2.05, 4.69) is 6.92 Å². The lowest BCUT2D eigenvalue weighted by Gasteiger charge is -2.10. The number of aliphatic hydroxyl groups is 1. The average molecular weight is 213 g/mol. The molecule has 1 unspecified atom stereocenters. The summed E-state index contributed by atoms with van der Waals surface area (Å²) in [5.41, 5.74) is 0.925. The Hall–Kier alpha value is -0.530. The Morgan fingerprint density at radius 1 is 1.36 bits per heavy atom. The first-order valence-electron chi connectivity index (χ1n) is 5.17. The van der Waals surface area contributed by atoms with Gasteiger partial charge in [-0.05, 0) is 24.1 Å². The maximum atomic E-state index is 9.81. The summed E-state index contributed by atoms with van der Waals surface area (Å²) in [6.07, 6.45) is 3.90. The smallest absolute Gasteiger partial charge is 0.0790 e. The fourth-order valence-corrected chi connectivity index (χ4v) is 1.67. The second-order valence-electron chi connectivity index (χ2n) is 3.57. The largest absolute Gasteiger partial charge is 0.388 e. The van der Waals surface area contributed by atoms with E-state index in [4.69, 9.17) is 11.6 Å². The molecule has 0 aliphatic carbocycles. The van der Waals surface area contributed by atoms with E-state index in [-0.39, 0.29) is 6.10 Å². The minimum absolute atomic E-state index is 0.361. The fraction of sp³-hybridized carbons (Fsp3) is 0.500. The number of hydrogen-bond donors (Lipinski definition) is 1. The van der Waals surface area contributed by atoms with Crippen molar-refractivity contribution in [1.29, 1.82) is 0 Å². The number of unbranched alkanes of at least 4 members (excludes halogenated alkanes) is 2. The molecule has 0 aliphatic rings. The van der Waals surface area contributed by atoms with Crippen molar-refractivity contribution in [3.63, 3.8) is 0 Å². The number of rotatable bonds is 5. The Kier molecular flexibility index (Phi) is 4.99. The van der Waals surface area contributed by atoms with Gasteiger partial charge in [0.25, 0.3) is 0 Å². The van der Waals surface area contributed by atoms with E-state index in [0.717, 1.165) is 18.4 Å². The van der Waals surface area contributed by atoms with Crippen molar-refractivity contribution in [2.75, 3.05) is 0 Å². The molecule has 0 spiro atoms. The second kappa shape index (κ2) is 6.05. The molecule has 14 heavy (non-hydrogen) atoms. The summed E-state index contributed by atoms with van der Waals surface area (Å²) in [6, 6.07) is 7.45. The van der Waals surface area contributed by atoms with Crippen LogP contribution in [0.2, 0.25) is 5.02 Å². The quantitative estimate of drug-likeness (QED) is 0.733. The van der Waals surface area contributed by atoms with Gasteiger partial charge in [-0.1, -0.05) is 49.9 Å². The molecule has 0 saturated carbocycles. The molecule has 0 radical (unpaired) electrons. The molecule has 0 amide bonds. The number of hydrogen-bond acceptors (Lipinski definition) is 1.